The molecule has 0 fully saturated rings. The van der Waals surface area contributed by atoms with Gasteiger partial charge in [-0.05, 0) is 18.2 Å². The summed E-state index contributed by atoms with van der Waals surface area (Å²) in [5, 5.41) is 11.2. The molecule has 3 aromatic rings. The fourth-order valence-corrected chi connectivity index (χ4v) is 2.32. The van der Waals surface area contributed by atoms with Crippen LogP contribution in [-0.2, 0) is 6.54 Å². The van der Waals surface area contributed by atoms with E-state index in [0.717, 1.165) is 28.3 Å². The van der Waals surface area contributed by atoms with E-state index in [1.807, 2.05) is 48.5 Å². The van der Waals surface area contributed by atoms with Gasteiger partial charge in [-0.15, -0.1) is 5.10 Å². The van der Waals surface area contributed by atoms with Gasteiger partial charge in [0.2, 0.25) is 5.95 Å². The van der Waals surface area contributed by atoms with Crippen molar-refractivity contribution in [3.63, 3.8) is 0 Å². The van der Waals surface area contributed by atoms with E-state index in [2.05, 4.69) is 20.5 Å². The van der Waals surface area contributed by atoms with E-state index in [9.17, 15) is 0 Å². The van der Waals surface area contributed by atoms with Crippen molar-refractivity contribution in [2.45, 2.75) is 6.54 Å². The lowest BCUT2D eigenvalue weighted by atomic mass is 10.1. The van der Waals surface area contributed by atoms with Crippen LogP contribution in [0.25, 0.3) is 11.3 Å². The molecule has 2 aromatic carbocycles. The summed E-state index contributed by atoms with van der Waals surface area (Å²) in [5.74, 6) is 2.05. The zero-order valence-corrected chi connectivity index (χ0v) is 13.6. The second-order valence-electron chi connectivity index (χ2n) is 5.06. The molecule has 0 aliphatic heterocycles. The third-order valence-corrected chi connectivity index (χ3v) is 3.55. The van der Waals surface area contributed by atoms with Gasteiger partial charge < -0.3 is 14.8 Å². The molecule has 3 rings (SSSR count). The minimum atomic E-state index is 0.459. The number of aromatic nitrogens is 3. The van der Waals surface area contributed by atoms with Crippen molar-refractivity contribution in [1.29, 1.82) is 0 Å². The van der Waals surface area contributed by atoms with Crippen LogP contribution in [-0.4, -0.2) is 29.4 Å². The number of ether oxygens (including phenoxy) is 2. The standard InChI is InChI=1S/C18H18N4O2/c1-23-15-8-5-7-13(10-15)16-12-20-22-18(21-16)19-11-14-6-3-4-9-17(14)24-2/h3-10,12H,11H2,1-2H3,(H,19,21,22). The van der Waals surface area contributed by atoms with Gasteiger partial charge in [0.15, 0.2) is 0 Å². The normalized spacial score (nSPS) is 10.2. The molecule has 24 heavy (non-hydrogen) atoms. The van der Waals surface area contributed by atoms with Gasteiger partial charge in [-0.1, -0.05) is 30.3 Å². The largest absolute Gasteiger partial charge is 0.497 e. The summed E-state index contributed by atoms with van der Waals surface area (Å²) in [7, 11) is 3.29. The van der Waals surface area contributed by atoms with Crippen LogP contribution in [0.15, 0.2) is 54.7 Å². The molecule has 0 aliphatic carbocycles. The van der Waals surface area contributed by atoms with E-state index in [4.69, 9.17) is 9.47 Å². The Balaban J connectivity index is 1.78. The number of nitrogens with zero attached hydrogens (tertiary/aromatic N) is 3. The Bertz CT molecular complexity index is 823. The Morgan fingerprint density at radius 1 is 1.00 bits per heavy atom. The number of hydrogen-bond donors (Lipinski definition) is 1. The number of methoxy groups -OCH3 is 2. The fraction of sp³-hybridized carbons (Fsp3) is 0.167. The van der Waals surface area contributed by atoms with Crippen LogP contribution in [0, 0.1) is 0 Å². The molecule has 0 radical (unpaired) electrons. The Morgan fingerprint density at radius 2 is 1.88 bits per heavy atom. The van der Waals surface area contributed by atoms with Crippen LogP contribution in [0.4, 0.5) is 5.95 Å². The van der Waals surface area contributed by atoms with Crippen molar-refractivity contribution >= 4 is 5.95 Å². The lowest BCUT2D eigenvalue weighted by Gasteiger charge is -2.09. The van der Waals surface area contributed by atoms with Crippen molar-refractivity contribution in [2.24, 2.45) is 0 Å². The van der Waals surface area contributed by atoms with Crippen molar-refractivity contribution in [1.82, 2.24) is 15.2 Å². The van der Waals surface area contributed by atoms with Gasteiger partial charge in [0.1, 0.15) is 11.5 Å². The molecule has 0 amide bonds. The second kappa shape index (κ2) is 7.41. The Hall–Kier alpha value is -3.15. The van der Waals surface area contributed by atoms with Crippen molar-refractivity contribution in [3.05, 3.63) is 60.3 Å². The van der Waals surface area contributed by atoms with Crippen LogP contribution >= 0.6 is 0 Å². The minimum absolute atomic E-state index is 0.459. The summed E-state index contributed by atoms with van der Waals surface area (Å²) >= 11 is 0. The molecule has 0 bridgehead atoms. The molecule has 6 heteroatoms. The average Bonchev–Trinajstić information content (AvgIpc) is 2.67. The van der Waals surface area contributed by atoms with Gasteiger partial charge in [0.25, 0.3) is 0 Å². The molecule has 0 saturated heterocycles. The molecule has 0 unspecified atom stereocenters. The van der Waals surface area contributed by atoms with Gasteiger partial charge in [0, 0.05) is 17.7 Å². The van der Waals surface area contributed by atoms with Gasteiger partial charge in [-0.25, -0.2) is 4.98 Å². The van der Waals surface area contributed by atoms with Crippen LogP contribution in [0.1, 0.15) is 5.56 Å². The maximum Gasteiger partial charge on any atom is 0.243 e. The topological polar surface area (TPSA) is 69.2 Å². The van der Waals surface area contributed by atoms with Crippen LogP contribution < -0.4 is 14.8 Å². The second-order valence-corrected chi connectivity index (χ2v) is 5.06. The lowest BCUT2D eigenvalue weighted by Crippen LogP contribution is -2.06. The van der Waals surface area contributed by atoms with Crippen molar-refractivity contribution in [3.8, 4) is 22.8 Å². The molecule has 6 nitrogen and oxygen atoms in total. The summed E-state index contributed by atoms with van der Waals surface area (Å²) in [6.45, 7) is 0.549. The number of anilines is 1. The van der Waals surface area contributed by atoms with Gasteiger partial charge in [-0.3, -0.25) is 0 Å². The third-order valence-electron chi connectivity index (χ3n) is 3.55. The number of benzene rings is 2. The zero-order chi connectivity index (χ0) is 16.8. The Kier molecular flexibility index (Phi) is 4.86. The molecule has 1 aromatic heterocycles. The smallest absolute Gasteiger partial charge is 0.243 e. The quantitative estimate of drug-likeness (QED) is 0.752. The highest BCUT2D eigenvalue weighted by molar-refractivity contribution is 5.61. The van der Waals surface area contributed by atoms with Gasteiger partial charge in [-0.2, -0.15) is 5.10 Å². The third kappa shape index (κ3) is 3.60. The summed E-state index contributed by atoms with van der Waals surface area (Å²) < 4.78 is 10.6. The first-order valence-corrected chi connectivity index (χ1v) is 7.50. The maximum atomic E-state index is 5.34. The van der Waals surface area contributed by atoms with E-state index in [-0.39, 0.29) is 0 Å². The van der Waals surface area contributed by atoms with E-state index in [1.54, 1.807) is 20.4 Å². The lowest BCUT2D eigenvalue weighted by molar-refractivity contribution is 0.410. The first-order valence-electron chi connectivity index (χ1n) is 7.50. The first-order chi connectivity index (χ1) is 11.8. The minimum Gasteiger partial charge on any atom is -0.497 e. The highest BCUT2D eigenvalue weighted by Gasteiger charge is 2.06. The van der Waals surface area contributed by atoms with Gasteiger partial charge >= 0.3 is 0 Å². The van der Waals surface area contributed by atoms with E-state index >= 15 is 0 Å². The number of para-hydroxylation sites is 1. The molecule has 1 N–H and O–H groups in total. The van der Waals surface area contributed by atoms with Crippen LogP contribution in [0.5, 0.6) is 11.5 Å². The van der Waals surface area contributed by atoms with E-state index in [0.29, 0.717) is 12.5 Å². The summed E-state index contributed by atoms with van der Waals surface area (Å²) in [4.78, 5) is 4.51. The molecule has 0 saturated carbocycles. The number of hydrogen-bond acceptors (Lipinski definition) is 6. The SMILES string of the molecule is COc1cccc(-c2cnnc(NCc3ccccc3OC)n2)c1. The van der Waals surface area contributed by atoms with Crippen LogP contribution in [0.2, 0.25) is 0 Å². The van der Waals surface area contributed by atoms with Crippen molar-refractivity contribution in [2.75, 3.05) is 19.5 Å². The first kappa shape index (κ1) is 15.7. The highest BCUT2D eigenvalue weighted by Crippen LogP contribution is 2.22. The molecule has 0 aliphatic rings. The van der Waals surface area contributed by atoms with E-state index < -0.39 is 0 Å². The highest BCUT2D eigenvalue weighted by atomic mass is 16.5. The van der Waals surface area contributed by atoms with Gasteiger partial charge in [0.05, 0.1) is 26.1 Å². The predicted molar refractivity (Wildman–Crippen MR) is 92.1 cm³/mol. The number of nitrogens with one attached hydrogen (secondary N) is 1. The zero-order valence-electron chi connectivity index (χ0n) is 13.6. The predicted octanol–water partition coefficient (Wildman–Crippen LogP) is 3.17. The van der Waals surface area contributed by atoms with Crippen LogP contribution in [0.3, 0.4) is 0 Å². The monoisotopic (exact) mass is 322 g/mol. The molecule has 122 valence electrons. The molecule has 0 atom stereocenters. The molecular weight excluding hydrogens is 304 g/mol. The number of rotatable bonds is 6. The fourth-order valence-electron chi connectivity index (χ4n) is 2.32. The summed E-state index contributed by atoms with van der Waals surface area (Å²) in [5.41, 5.74) is 2.67. The molecular formula is C18H18N4O2. The summed E-state index contributed by atoms with van der Waals surface area (Å²) in [6.07, 6.45) is 1.63. The maximum absolute atomic E-state index is 5.34. The Labute approximate surface area is 140 Å². The van der Waals surface area contributed by atoms with E-state index in [1.165, 1.54) is 0 Å². The molecule has 0 spiro atoms. The Morgan fingerprint density at radius 3 is 2.71 bits per heavy atom. The van der Waals surface area contributed by atoms with Crippen molar-refractivity contribution < 1.29 is 9.47 Å². The average molecular weight is 322 g/mol. The molecule has 1 heterocycles. The summed E-state index contributed by atoms with van der Waals surface area (Å²) in [6, 6.07) is 15.5.